The van der Waals surface area contributed by atoms with Crippen LogP contribution < -0.4 is 9.47 Å². The first-order valence-corrected chi connectivity index (χ1v) is 12.8. The van der Waals surface area contributed by atoms with Crippen LogP contribution in [0, 0.1) is 11.6 Å². The van der Waals surface area contributed by atoms with Crippen molar-refractivity contribution < 1.29 is 32.9 Å². The zero-order valence-corrected chi connectivity index (χ0v) is 22.0. The highest BCUT2D eigenvalue weighted by Crippen LogP contribution is 2.22. The normalized spacial score (nSPS) is 18.1. The number of aromatic nitrogens is 2. The van der Waals surface area contributed by atoms with E-state index in [0.717, 1.165) is 36.4 Å². The molecule has 3 aromatic rings. The molecular formula is C28H34F2N4O5. The van der Waals surface area contributed by atoms with Crippen LogP contribution in [-0.2, 0) is 22.6 Å². The molecule has 1 fully saturated rings. The Labute approximate surface area is 226 Å². The van der Waals surface area contributed by atoms with E-state index in [4.69, 9.17) is 14.2 Å². The van der Waals surface area contributed by atoms with Gasteiger partial charge in [-0.25, -0.2) is 8.78 Å². The number of ether oxygens (including phenoxy) is 3. The van der Waals surface area contributed by atoms with Crippen LogP contribution in [0.1, 0.15) is 12.0 Å². The molecule has 1 aromatic heterocycles. The highest BCUT2D eigenvalue weighted by Gasteiger charge is 2.37. The molecule has 0 radical (unpaired) electrons. The molecule has 11 heteroatoms. The van der Waals surface area contributed by atoms with Gasteiger partial charge in [0.05, 0.1) is 13.2 Å². The number of halogens is 2. The van der Waals surface area contributed by atoms with Crippen molar-refractivity contribution in [3.63, 3.8) is 0 Å². The fraction of sp³-hybridized carbons (Fsp3) is 0.429. The van der Waals surface area contributed by atoms with E-state index in [1.54, 1.807) is 6.20 Å². The molecule has 0 unspecified atom stereocenters. The summed E-state index contributed by atoms with van der Waals surface area (Å²) in [5.41, 5.74) is -0.481. The van der Waals surface area contributed by atoms with Gasteiger partial charge in [-0.3, -0.25) is 14.4 Å². The zero-order valence-electron chi connectivity index (χ0n) is 22.0. The number of hydrogen-bond acceptors (Lipinski definition) is 7. The molecule has 2 heterocycles. The average Bonchev–Trinajstić information content (AvgIpc) is 3.38. The lowest BCUT2D eigenvalue weighted by Crippen LogP contribution is -2.52. The lowest BCUT2D eigenvalue weighted by atomic mass is 10.0. The highest BCUT2D eigenvalue weighted by molar-refractivity contribution is 5.77. The molecule has 1 N–H and O–H groups in total. The van der Waals surface area contributed by atoms with Crippen molar-refractivity contribution in [1.29, 1.82) is 0 Å². The Kier molecular flexibility index (Phi) is 9.85. The summed E-state index contributed by atoms with van der Waals surface area (Å²) in [6, 6.07) is 12.8. The molecule has 1 amide bonds. The van der Waals surface area contributed by atoms with Crippen molar-refractivity contribution >= 4 is 5.91 Å². The molecule has 39 heavy (non-hydrogen) atoms. The van der Waals surface area contributed by atoms with E-state index < -0.39 is 17.2 Å². The first-order chi connectivity index (χ1) is 18.8. The maximum Gasteiger partial charge on any atom is 0.248 e. The van der Waals surface area contributed by atoms with Gasteiger partial charge in [-0.1, -0.05) is 12.1 Å². The quantitative estimate of drug-likeness (QED) is 0.351. The maximum atomic E-state index is 13.7. The number of β-amino-alcohol motifs (C(OH)–C–C–N with tert-alkyl or cyclic N) is 1. The Morgan fingerprint density at radius 2 is 1.90 bits per heavy atom. The standard InChI is InChI=1S/C28H34F2N4O5/c1-37-18-27(35)33-13-12-32(19-28(36,20-33)21-39-24-7-8-25(29)26(30)16-24)17-22-5-2-6-23(15-22)38-14-4-11-34-10-3-9-31-34/h2-3,5-10,15-16,36H,4,11-14,17-21H2,1H3/t28-/m1/s1. The second-order valence-corrected chi connectivity index (χ2v) is 9.67. The number of amides is 1. The maximum absolute atomic E-state index is 13.7. The van der Waals surface area contributed by atoms with E-state index in [9.17, 15) is 18.7 Å². The molecule has 4 rings (SSSR count). The van der Waals surface area contributed by atoms with Crippen molar-refractivity contribution in [3.8, 4) is 11.5 Å². The first-order valence-electron chi connectivity index (χ1n) is 12.8. The van der Waals surface area contributed by atoms with Gasteiger partial charge in [0.15, 0.2) is 11.6 Å². The number of carbonyl (C=O) groups excluding carboxylic acids is 1. The molecule has 0 saturated carbocycles. The van der Waals surface area contributed by atoms with Gasteiger partial charge in [-0.2, -0.15) is 5.10 Å². The second-order valence-electron chi connectivity index (χ2n) is 9.67. The highest BCUT2D eigenvalue weighted by atomic mass is 19.2. The van der Waals surface area contributed by atoms with Crippen LogP contribution in [-0.4, -0.2) is 89.3 Å². The van der Waals surface area contributed by atoms with E-state index >= 15 is 0 Å². The van der Waals surface area contributed by atoms with Gasteiger partial charge in [0.25, 0.3) is 0 Å². The van der Waals surface area contributed by atoms with Gasteiger partial charge in [0, 0.05) is 64.7 Å². The third-order valence-corrected chi connectivity index (χ3v) is 6.37. The number of aryl methyl sites for hydroxylation is 1. The molecule has 0 spiro atoms. The van der Waals surface area contributed by atoms with Crippen molar-refractivity contribution in [3.05, 3.63) is 78.1 Å². The van der Waals surface area contributed by atoms with Gasteiger partial charge in [-0.15, -0.1) is 0 Å². The zero-order chi connectivity index (χ0) is 27.7. The summed E-state index contributed by atoms with van der Waals surface area (Å²) in [6.45, 7) is 2.60. The number of rotatable bonds is 12. The van der Waals surface area contributed by atoms with Crippen LogP contribution in [0.15, 0.2) is 60.9 Å². The van der Waals surface area contributed by atoms with Gasteiger partial charge in [0.2, 0.25) is 5.91 Å². The molecule has 210 valence electrons. The summed E-state index contributed by atoms with van der Waals surface area (Å²) >= 11 is 0. The Bertz CT molecular complexity index is 1210. The molecule has 2 aromatic carbocycles. The van der Waals surface area contributed by atoms with Crippen molar-refractivity contribution in [2.75, 3.05) is 53.1 Å². The predicted molar refractivity (Wildman–Crippen MR) is 139 cm³/mol. The second kappa shape index (κ2) is 13.5. The number of benzene rings is 2. The van der Waals surface area contributed by atoms with Gasteiger partial charge in [-0.05, 0) is 35.9 Å². The van der Waals surface area contributed by atoms with Gasteiger partial charge < -0.3 is 24.2 Å². The number of hydrogen-bond donors (Lipinski definition) is 1. The first kappa shape index (κ1) is 28.5. The van der Waals surface area contributed by atoms with Crippen LogP contribution in [0.4, 0.5) is 8.78 Å². The largest absolute Gasteiger partial charge is 0.494 e. The Balaban J connectivity index is 1.40. The number of aliphatic hydroxyl groups is 1. The fourth-order valence-corrected chi connectivity index (χ4v) is 4.52. The molecule has 0 aliphatic carbocycles. The Morgan fingerprint density at radius 1 is 1.05 bits per heavy atom. The molecule has 1 atom stereocenters. The molecule has 1 aliphatic heterocycles. The molecule has 1 aliphatic rings. The summed E-state index contributed by atoms with van der Waals surface area (Å²) < 4.78 is 45.4. The third kappa shape index (κ3) is 8.47. The lowest BCUT2D eigenvalue weighted by molar-refractivity contribution is -0.138. The summed E-state index contributed by atoms with van der Waals surface area (Å²) in [4.78, 5) is 16.2. The van der Waals surface area contributed by atoms with Crippen molar-refractivity contribution in [2.45, 2.75) is 25.1 Å². The minimum Gasteiger partial charge on any atom is -0.494 e. The summed E-state index contributed by atoms with van der Waals surface area (Å²) in [5.74, 6) is -1.44. The average molecular weight is 545 g/mol. The van der Waals surface area contributed by atoms with E-state index in [-0.39, 0.29) is 38.0 Å². The topological polar surface area (TPSA) is 89.3 Å². The monoisotopic (exact) mass is 544 g/mol. The smallest absolute Gasteiger partial charge is 0.248 e. The van der Waals surface area contributed by atoms with Crippen LogP contribution in [0.5, 0.6) is 11.5 Å². The summed E-state index contributed by atoms with van der Waals surface area (Å²) in [6.07, 6.45) is 4.47. The molecule has 9 nitrogen and oxygen atoms in total. The minimum absolute atomic E-state index is 0.00870. The van der Waals surface area contributed by atoms with E-state index in [1.807, 2.05) is 46.1 Å². The Morgan fingerprint density at radius 3 is 2.67 bits per heavy atom. The number of carbonyl (C=O) groups is 1. The Hall–Kier alpha value is -3.54. The SMILES string of the molecule is COCC(=O)N1CCN(Cc2cccc(OCCCn3cccn3)c2)C[C@](O)(COc2ccc(F)c(F)c2)C1. The number of methoxy groups -OCH3 is 1. The van der Waals surface area contributed by atoms with Gasteiger partial charge >= 0.3 is 0 Å². The predicted octanol–water partition coefficient (Wildman–Crippen LogP) is 2.73. The fourth-order valence-electron chi connectivity index (χ4n) is 4.52. The van der Waals surface area contributed by atoms with Crippen LogP contribution in [0.2, 0.25) is 0 Å². The lowest BCUT2D eigenvalue weighted by Gasteiger charge is -2.33. The minimum atomic E-state index is -1.47. The molecular weight excluding hydrogens is 510 g/mol. The number of nitrogens with zero attached hydrogens (tertiary/aromatic N) is 4. The van der Waals surface area contributed by atoms with Gasteiger partial charge in [0.1, 0.15) is 30.3 Å². The third-order valence-electron chi connectivity index (χ3n) is 6.37. The van der Waals surface area contributed by atoms with Crippen molar-refractivity contribution in [2.24, 2.45) is 0 Å². The molecule has 1 saturated heterocycles. The summed E-state index contributed by atoms with van der Waals surface area (Å²) in [5, 5.41) is 15.7. The van der Waals surface area contributed by atoms with Crippen LogP contribution >= 0.6 is 0 Å². The van der Waals surface area contributed by atoms with Crippen LogP contribution in [0.3, 0.4) is 0 Å². The van der Waals surface area contributed by atoms with E-state index in [2.05, 4.69) is 5.10 Å². The van der Waals surface area contributed by atoms with E-state index in [0.29, 0.717) is 26.2 Å². The van der Waals surface area contributed by atoms with Crippen molar-refractivity contribution in [1.82, 2.24) is 19.6 Å². The molecule has 0 bridgehead atoms. The summed E-state index contributed by atoms with van der Waals surface area (Å²) in [7, 11) is 1.44. The van der Waals surface area contributed by atoms with Crippen LogP contribution in [0.25, 0.3) is 0 Å². The van der Waals surface area contributed by atoms with E-state index in [1.165, 1.54) is 18.1 Å².